The summed E-state index contributed by atoms with van der Waals surface area (Å²) in [6.45, 7) is 7.31. The summed E-state index contributed by atoms with van der Waals surface area (Å²) in [7, 11) is 1.57. The number of methoxy groups -OCH3 is 1. The number of aliphatic hydroxyl groups is 1. The summed E-state index contributed by atoms with van der Waals surface area (Å²) in [5.41, 5.74) is -0.589. The summed E-state index contributed by atoms with van der Waals surface area (Å²) >= 11 is 0. The Balaban J connectivity index is 4.16. The van der Waals surface area contributed by atoms with E-state index in [0.717, 1.165) is 0 Å². The average molecular weight is 144 g/mol. The Kier molecular flexibility index (Phi) is 3.61. The summed E-state index contributed by atoms with van der Waals surface area (Å²) < 4.78 is 5.07. The Hall–Kier alpha value is -0.340. The van der Waals surface area contributed by atoms with Crippen LogP contribution in [0.15, 0.2) is 12.7 Å². The molecule has 1 N–H and O–H groups in total. The van der Waals surface area contributed by atoms with Crippen LogP contribution in [-0.4, -0.2) is 23.9 Å². The Labute approximate surface area is 62.5 Å². The van der Waals surface area contributed by atoms with Gasteiger partial charge in [-0.2, -0.15) is 0 Å². The maximum absolute atomic E-state index is 9.38. The molecular formula is C8H16O2. The first-order chi connectivity index (χ1) is 4.60. The summed E-state index contributed by atoms with van der Waals surface area (Å²) in [5, 5.41) is 9.38. The zero-order valence-electron chi connectivity index (χ0n) is 6.92. The zero-order valence-corrected chi connectivity index (χ0v) is 6.92. The second-order valence-electron chi connectivity index (χ2n) is 2.52. The molecule has 0 aromatic heterocycles. The normalized spacial score (nSPS) is 19.6. The van der Waals surface area contributed by atoms with Crippen LogP contribution in [0.25, 0.3) is 0 Å². The molecular weight excluding hydrogens is 128 g/mol. The van der Waals surface area contributed by atoms with Gasteiger partial charge >= 0.3 is 0 Å². The van der Waals surface area contributed by atoms with Crippen molar-refractivity contribution in [1.29, 1.82) is 0 Å². The van der Waals surface area contributed by atoms with Gasteiger partial charge in [0.25, 0.3) is 0 Å². The van der Waals surface area contributed by atoms with Crippen LogP contribution in [0.3, 0.4) is 0 Å². The van der Waals surface area contributed by atoms with Crippen LogP contribution < -0.4 is 0 Å². The first-order valence-electron chi connectivity index (χ1n) is 3.47. The molecule has 0 aromatic carbocycles. The Morgan fingerprint density at radius 3 is 2.40 bits per heavy atom. The van der Waals surface area contributed by atoms with Crippen molar-refractivity contribution in [2.75, 3.05) is 7.11 Å². The highest BCUT2D eigenvalue weighted by atomic mass is 16.5. The van der Waals surface area contributed by atoms with E-state index in [0.29, 0.717) is 6.42 Å². The van der Waals surface area contributed by atoms with Crippen molar-refractivity contribution in [2.45, 2.75) is 32.0 Å². The van der Waals surface area contributed by atoms with E-state index in [-0.39, 0.29) is 0 Å². The third-order valence-electron chi connectivity index (χ3n) is 1.89. The van der Waals surface area contributed by atoms with Crippen molar-refractivity contribution in [2.24, 2.45) is 0 Å². The molecule has 2 nitrogen and oxygen atoms in total. The zero-order chi connectivity index (χ0) is 8.20. The van der Waals surface area contributed by atoms with Crippen molar-refractivity contribution >= 4 is 0 Å². The number of hydrogen-bond donors (Lipinski definition) is 1. The molecule has 60 valence electrons. The van der Waals surface area contributed by atoms with Gasteiger partial charge in [-0.25, -0.2) is 0 Å². The summed E-state index contributed by atoms with van der Waals surface area (Å²) in [5.74, 6) is 0. The van der Waals surface area contributed by atoms with Crippen LogP contribution in [0, 0.1) is 0 Å². The monoisotopic (exact) mass is 144 g/mol. The molecule has 0 saturated heterocycles. The molecule has 0 spiro atoms. The van der Waals surface area contributed by atoms with Gasteiger partial charge in [-0.05, 0) is 13.3 Å². The summed E-state index contributed by atoms with van der Waals surface area (Å²) in [6, 6.07) is 0. The van der Waals surface area contributed by atoms with Crippen LogP contribution in [0.4, 0.5) is 0 Å². The molecule has 0 radical (unpaired) electrons. The van der Waals surface area contributed by atoms with E-state index in [1.807, 2.05) is 13.8 Å². The molecule has 0 saturated carbocycles. The maximum Gasteiger partial charge on any atom is 0.109 e. The fourth-order valence-electron chi connectivity index (χ4n) is 0.761. The van der Waals surface area contributed by atoms with Gasteiger partial charge in [0.2, 0.25) is 0 Å². The molecule has 2 atom stereocenters. The molecule has 0 fully saturated rings. The molecule has 0 aromatic rings. The molecule has 0 aliphatic carbocycles. The lowest BCUT2D eigenvalue weighted by atomic mass is 9.97. The first-order valence-corrected chi connectivity index (χ1v) is 3.47. The molecule has 2 heteroatoms. The van der Waals surface area contributed by atoms with Crippen molar-refractivity contribution in [3.8, 4) is 0 Å². The Bertz CT molecular complexity index is 112. The topological polar surface area (TPSA) is 29.5 Å². The summed E-state index contributed by atoms with van der Waals surface area (Å²) in [4.78, 5) is 0. The van der Waals surface area contributed by atoms with E-state index in [9.17, 15) is 5.11 Å². The maximum atomic E-state index is 9.38. The lowest BCUT2D eigenvalue weighted by Crippen LogP contribution is -2.38. The highest BCUT2D eigenvalue weighted by molar-refractivity contribution is 4.98. The minimum absolute atomic E-state index is 0.463. The number of ether oxygens (including phenoxy) is 1. The van der Waals surface area contributed by atoms with Crippen LogP contribution in [0.5, 0.6) is 0 Å². The largest absolute Gasteiger partial charge is 0.390 e. The van der Waals surface area contributed by atoms with E-state index < -0.39 is 11.7 Å². The third-order valence-corrected chi connectivity index (χ3v) is 1.89. The Morgan fingerprint density at radius 2 is 2.30 bits per heavy atom. The molecule has 0 heterocycles. The van der Waals surface area contributed by atoms with E-state index in [2.05, 4.69) is 6.58 Å². The van der Waals surface area contributed by atoms with Gasteiger partial charge in [-0.3, -0.25) is 0 Å². The molecule has 2 unspecified atom stereocenters. The van der Waals surface area contributed by atoms with Crippen LogP contribution in [-0.2, 0) is 4.74 Å². The van der Waals surface area contributed by atoms with E-state index in [4.69, 9.17) is 4.74 Å². The van der Waals surface area contributed by atoms with Crippen molar-refractivity contribution < 1.29 is 9.84 Å². The van der Waals surface area contributed by atoms with E-state index in [1.165, 1.54) is 0 Å². The predicted molar refractivity (Wildman–Crippen MR) is 41.9 cm³/mol. The van der Waals surface area contributed by atoms with Crippen molar-refractivity contribution in [3.63, 3.8) is 0 Å². The lowest BCUT2D eigenvalue weighted by molar-refractivity contribution is -0.0572. The van der Waals surface area contributed by atoms with Gasteiger partial charge in [0.05, 0.1) is 6.10 Å². The number of aliphatic hydroxyl groups excluding tert-OH is 1. The van der Waals surface area contributed by atoms with Gasteiger partial charge in [0, 0.05) is 7.11 Å². The van der Waals surface area contributed by atoms with Gasteiger partial charge in [0.1, 0.15) is 5.60 Å². The highest BCUT2D eigenvalue weighted by Crippen LogP contribution is 2.17. The molecule has 0 aliphatic rings. The van der Waals surface area contributed by atoms with E-state index >= 15 is 0 Å². The van der Waals surface area contributed by atoms with Gasteiger partial charge in [-0.15, -0.1) is 6.58 Å². The number of hydrogen-bond acceptors (Lipinski definition) is 2. The predicted octanol–water partition coefficient (Wildman–Crippen LogP) is 1.35. The standard InChI is InChI=1S/C8H16O2/c1-5-7(9)8(3,6-2)10-4/h6-7,9H,2,5H2,1,3-4H3. The summed E-state index contributed by atoms with van der Waals surface area (Å²) in [6.07, 6.45) is 1.84. The SMILES string of the molecule is C=CC(C)(OC)C(O)CC. The van der Waals surface area contributed by atoms with Gasteiger partial charge in [-0.1, -0.05) is 13.0 Å². The minimum Gasteiger partial charge on any atom is -0.390 e. The highest BCUT2D eigenvalue weighted by Gasteiger charge is 2.27. The van der Waals surface area contributed by atoms with Gasteiger partial charge in [0.15, 0.2) is 0 Å². The minimum atomic E-state index is -0.589. The van der Waals surface area contributed by atoms with Crippen molar-refractivity contribution in [1.82, 2.24) is 0 Å². The lowest BCUT2D eigenvalue weighted by Gasteiger charge is -2.28. The van der Waals surface area contributed by atoms with Crippen LogP contribution in [0.2, 0.25) is 0 Å². The molecule has 0 bridgehead atoms. The second kappa shape index (κ2) is 3.74. The molecule has 10 heavy (non-hydrogen) atoms. The third kappa shape index (κ3) is 1.82. The second-order valence-corrected chi connectivity index (χ2v) is 2.52. The Morgan fingerprint density at radius 1 is 1.80 bits per heavy atom. The molecule has 0 amide bonds. The molecule has 0 aliphatic heterocycles. The quantitative estimate of drug-likeness (QED) is 0.603. The number of rotatable bonds is 4. The van der Waals surface area contributed by atoms with E-state index in [1.54, 1.807) is 13.2 Å². The van der Waals surface area contributed by atoms with Gasteiger partial charge < -0.3 is 9.84 Å². The van der Waals surface area contributed by atoms with Crippen molar-refractivity contribution in [3.05, 3.63) is 12.7 Å². The fraction of sp³-hybridized carbons (Fsp3) is 0.750. The average Bonchev–Trinajstić information content (AvgIpc) is 2.01. The van der Waals surface area contributed by atoms with Crippen LogP contribution >= 0.6 is 0 Å². The fourth-order valence-corrected chi connectivity index (χ4v) is 0.761. The molecule has 0 rings (SSSR count). The first kappa shape index (κ1) is 9.66. The van der Waals surface area contributed by atoms with Crippen LogP contribution in [0.1, 0.15) is 20.3 Å². The smallest absolute Gasteiger partial charge is 0.109 e.